The van der Waals surface area contributed by atoms with Crippen LogP contribution >= 0.6 is 0 Å². The molecule has 2 aromatic rings. The number of rotatable bonds is 6. The monoisotopic (exact) mass is 276 g/mol. The quantitative estimate of drug-likeness (QED) is 0.822. The van der Waals surface area contributed by atoms with E-state index in [9.17, 15) is 0 Å². The second-order valence-corrected chi connectivity index (χ2v) is 6.30. The van der Waals surface area contributed by atoms with Crippen molar-refractivity contribution in [2.45, 2.75) is 59.4 Å². The van der Waals surface area contributed by atoms with Crippen molar-refractivity contribution >= 4 is 11.5 Å². The second kappa shape index (κ2) is 6.15. The van der Waals surface area contributed by atoms with Crippen molar-refractivity contribution in [1.29, 1.82) is 0 Å². The molecule has 0 aliphatic heterocycles. The summed E-state index contributed by atoms with van der Waals surface area (Å²) in [5.74, 6) is 0.821. The van der Waals surface area contributed by atoms with Gasteiger partial charge in [-0.05, 0) is 34.4 Å². The van der Waals surface area contributed by atoms with Crippen LogP contribution < -0.4 is 5.32 Å². The number of fused-ring (bicyclic) bond motifs is 1. The van der Waals surface area contributed by atoms with Crippen molar-refractivity contribution < 1.29 is 0 Å². The van der Waals surface area contributed by atoms with Gasteiger partial charge in [-0.1, -0.05) is 47.0 Å². The van der Waals surface area contributed by atoms with Gasteiger partial charge >= 0.3 is 0 Å². The number of nitrogens with one attached hydrogen (secondary N) is 1. The SMILES string of the molecule is CCCCC[C@@H](Nc1ccc2nnnn2n1)C(C)(C)C. The van der Waals surface area contributed by atoms with E-state index in [1.54, 1.807) is 0 Å². The maximum atomic E-state index is 4.39. The summed E-state index contributed by atoms with van der Waals surface area (Å²) >= 11 is 0. The van der Waals surface area contributed by atoms with Crippen LogP contribution in [0.1, 0.15) is 53.4 Å². The number of hydrogen-bond donors (Lipinski definition) is 1. The van der Waals surface area contributed by atoms with E-state index >= 15 is 0 Å². The number of aromatic nitrogens is 5. The van der Waals surface area contributed by atoms with Gasteiger partial charge in [0.15, 0.2) is 5.65 Å². The predicted molar refractivity (Wildman–Crippen MR) is 79.6 cm³/mol. The Hall–Kier alpha value is -1.72. The van der Waals surface area contributed by atoms with Crippen molar-refractivity contribution in [2.24, 2.45) is 5.41 Å². The van der Waals surface area contributed by atoms with Gasteiger partial charge in [0.05, 0.1) is 0 Å². The van der Waals surface area contributed by atoms with Crippen LogP contribution in [-0.2, 0) is 0 Å². The van der Waals surface area contributed by atoms with Crippen LogP contribution in [0, 0.1) is 5.41 Å². The molecule has 110 valence electrons. The van der Waals surface area contributed by atoms with Gasteiger partial charge in [-0.2, -0.15) is 0 Å². The third-order valence-electron chi connectivity index (χ3n) is 3.53. The lowest BCUT2D eigenvalue weighted by molar-refractivity contribution is 0.318. The number of unbranched alkanes of at least 4 members (excludes halogenated alkanes) is 2. The first-order valence-electron chi connectivity index (χ1n) is 7.32. The van der Waals surface area contributed by atoms with E-state index in [4.69, 9.17) is 0 Å². The third-order valence-corrected chi connectivity index (χ3v) is 3.53. The summed E-state index contributed by atoms with van der Waals surface area (Å²) < 4.78 is 1.45. The molecule has 1 N–H and O–H groups in total. The van der Waals surface area contributed by atoms with Crippen LogP contribution in [0.3, 0.4) is 0 Å². The molecule has 2 aromatic heterocycles. The number of nitrogens with zero attached hydrogens (tertiary/aromatic N) is 5. The molecule has 20 heavy (non-hydrogen) atoms. The van der Waals surface area contributed by atoms with Gasteiger partial charge in [0.1, 0.15) is 5.82 Å². The van der Waals surface area contributed by atoms with Crippen LogP contribution in [0.4, 0.5) is 5.82 Å². The Labute approximate surface area is 120 Å². The molecule has 1 atom stereocenters. The van der Waals surface area contributed by atoms with E-state index in [1.807, 2.05) is 12.1 Å². The summed E-state index contributed by atoms with van der Waals surface area (Å²) in [6.07, 6.45) is 4.89. The number of tetrazole rings is 1. The van der Waals surface area contributed by atoms with Gasteiger partial charge in [-0.15, -0.1) is 14.8 Å². The minimum atomic E-state index is 0.186. The minimum Gasteiger partial charge on any atom is -0.365 e. The molecule has 6 heteroatoms. The Morgan fingerprint density at radius 2 is 2.05 bits per heavy atom. The van der Waals surface area contributed by atoms with E-state index in [0.29, 0.717) is 11.7 Å². The molecule has 6 nitrogen and oxygen atoms in total. The lowest BCUT2D eigenvalue weighted by Crippen LogP contribution is -2.34. The molecule has 0 amide bonds. The Morgan fingerprint density at radius 3 is 2.75 bits per heavy atom. The highest BCUT2D eigenvalue weighted by Crippen LogP contribution is 2.26. The normalized spacial score (nSPS) is 13.6. The third kappa shape index (κ3) is 3.65. The summed E-state index contributed by atoms with van der Waals surface area (Å²) in [5.41, 5.74) is 0.846. The topological polar surface area (TPSA) is 68.0 Å². The summed E-state index contributed by atoms with van der Waals surface area (Å²) in [6.45, 7) is 9.00. The molecular formula is C14H24N6. The summed E-state index contributed by atoms with van der Waals surface area (Å²) in [6, 6.07) is 4.20. The lowest BCUT2D eigenvalue weighted by atomic mass is 9.83. The molecule has 0 saturated carbocycles. The highest BCUT2D eigenvalue weighted by atomic mass is 15.6. The fourth-order valence-corrected chi connectivity index (χ4v) is 2.23. The van der Waals surface area contributed by atoms with Gasteiger partial charge in [-0.25, -0.2) is 0 Å². The molecule has 0 unspecified atom stereocenters. The molecule has 0 fully saturated rings. The van der Waals surface area contributed by atoms with Crippen LogP contribution in [0.2, 0.25) is 0 Å². The molecule has 0 radical (unpaired) electrons. The van der Waals surface area contributed by atoms with E-state index in [-0.39, 0.29) is 5.41 Å². The average Bonchev–Trinajstić information content (AvgIpc) is 2.84. The largest absolute Gasteiger partial charge is 0.365 e. The fourth-order valence-electron chi connectivity index (χ4n) is 2.23. The molecule has 2 rings (SSSR count). The van der Waals surface area contributed by atoms with Crippen LogP contribution in [0.25, 0.3) is 5.65 Å². The maximum absolute atomic E-state index is 4.39. The minimum absolute atomic E-state index is 0.186. The first-order valence-corrected chi connectivity index (χ1v) is 7.32. The highest BCUT2D eigenvalue weighted by Gasteiger charge is 2.24. The Balaban J connectivity index is 2.09. The summed E-state index contributed by atoms with van der Waals surface area (Å²) in [4.78, 5) is 0. The highest BCUT2D eigenvalue weighted by molar-refractivity contribution is 5.42. The Morgan fingerprint density at radius 1 is 1.25 bits per heavy atom. The van der Waals surface area contributed by atoms with Crippen molar-refractivity contribution in [3.63, 3.8) is 0 Å². The number of hydrogen-bond acceptors (Lipinski definition) is 5. The molecule has 0 saturated heterocycles. The lowest BCUT2D eigenvalue weighted by Gasteiger charge is -2.32. The van der Waals surface area contributed by atoms with Crippen molar-refractivity contribution in [3.05, 3.63) is 12.1 Å². The first kappa shape index (κ1) is 14.7. The zero-order chi connectivity index (χ0) is 14.6. The molecule has 0 bridgehead atoms. The van der Waals surface area contributed by atoms with Crippen molar-refractivity contribution in [3.8, 4) is 0 Å². The molecule has 0 aliphatic rings. The smallest absolute Gasteiger partial charge is 0.200 e. The molecular weight excluding hydrogens is 252 g/mol. The zero-order valence-electron chi connectivity index (χ0n) is 12.8. The zero-order valence-corrected chi connectivity index (χ0v) is 12.8. The average molecular weight is 276 g/mol. The molecule has 0 spiro atoms. The first-order chi connectivity index (χ1) is 9.50. The van der Waals surface area contributed by atoms with Gasteiger partial charge in [0.25, 0.3) is 0 Å². The molecule has 0 aromatic carbocycles. The van der Waals surface area contributed by atoms with E-state index in [1.165, 1.54) is 23.9 Å². The number of anilines is 1. The van der Waals surface area contributed by atoms with Crippen molar-refractivity contribution in [1.82, 2.24) is 25.3 Å². The second-order valence-electron chi connectivity index (χ2n) is 6.30. The van der Waals surface area contributed by atoms with Crippen molar-refractivity contribution in [2.75, 3.05) is 5.32 Å². The van der Waals surface area contributed by atoms with Gasteiger partial charge in [0.2, 0.25) is 0 Å². The molecule has 0 aliphatic carbocycles. The van der Waals surface area contributed by atoms with Gasteiger partial charge < -0.3 is 5.32 Å². The van der Waals surface area contributed by atoms with E-state index < -0.39 is 0 Å². The summed E-state index contributed by atoms with van der Waals surface area (Å²) in [5, 5.41) is 19.2. The van der Waals surface area contributed by atoms with E-state index in [0.717, 1.165) is 12.2 Å². The van der Waals surface area contributed by atoms with Gasteiger partial charge in [-0.3, -0.25) is 0 Å². The standard InChI is InChI=1S/C14H24N6/c1-5-6-7-8-11(14(2,3)4)15-12-9-10-13-16-18-19-20(13)17-12/h9-11H,5-8H2,1-4H3,(H,15,17)/t11-/m1/s1. The molecule has 2 heterocycles. The fraction of sp³-hybridized carbons (Fsp3) is 0.714. The van der Waals surface area contributed by atoms with Crippen LogP contribution in [0.5, 0.6) is 0 Å². The maximum Gasteiger partial charge on any atom is 0.200 e. The Kier molecular flexibility index (Phi) is 4.52. The van der Waals surface area contributed by atoms with E-state index in [2.05, 4.69) is 53.6 Å². The van der Waals surface area contributed by atoms with Crippen LogP contribution in [0.15, 0.2) is 12.1 Å². The van der Waals surface area contributed by atoms with Gasteiger partial charge in [0, 0.05) is 6.04 Å². The predicted octanol–water partition coefficient (Wildman–Crippen LogP) is 2.93. The Bertz CT molecular complexity index is 542. The summed E-state index contributed by atoms with van der Waals surface area (Å²) in [7, 11) is 0. The van der Waals surface area contributed by atoms with Crippen LogP contribution in [-0.4, -0.2) is 31.3 Å².